The fourth-order valence-electron chi connectivity index (χ4n) is 4.14. The summed E-state index contributed by atoms with van der Waals surface area (Å²) in [6.07, 6.45) is 2.32. The second-order valence-electron chi connectivity index (χ2n) is 9.39. The van der Waals surface area contributed by atoms with Crippen molar-refractivity contribution >= 4 is 11.9 Å². The van der Waals surface area contributed by atoms with Crippen molar-refractivity contribution in [2.75, 3.05) is 20.3 Å². The number of hydrogen-bond acceptors (Lipinski definition) is 8. The minimum Gasteiger partial charge on any atom is -0.503 e. The van der Waals surface area contributed by atoms with Gasteiger partial charge in [0.1, 0.15) is 6.10 Å². The lowest BCUT2D eigenvalue weighted by Gasteiger charge is -2.31. The summed E-state index contributed by atoms with van der Waals surface area (Å²) in [4.78, 5) is 29.7. The van der Waals surface area contributed by atoms with E-state index in [0.29, 0.717) is 12.5 Å². The quantitative estimate of drug-likeness (QED) is 0.503. The zero-order valence-corrected chi connectivity index (χ0v) is 21.3. The number of aromatic nitrogens is 1. The minimum absolute atomic E-state index is 0.0846. The van der Waals surface area contributed by atoms with Crippen molar-refractivity contribution in [1.29, 1.82) is 0 Å². The maximum atomic E-state index is 13.0. The molecule has 2 N–H and O–H groups in total. The molecular weight excluding hydrogens is 464 g/mol. The predicted octanol–water partition coefficient (Wildman–Crippen LogP) is 3.49. The highest BCUT2D eigenvalue weighted by Crippen LogP contribution is 2.28. The van der Waals surface area contributed by atoms with E-state index in [9.17, 15) is 14.7 Å². The van der Waals surface area contributed by atoms with Crippen LogP contribution in [0.15, 0.2) is 42.6 Å². The van der Waals surface area contributed by atoms with Crippen LogP contribution in [0.5, 0.6) is 11.5 Å². The Morgan fingerprint density at radius 3 is 2.67 bits per heavy atom. The Labute approximate surface area is 212 Å². The average Bonchev–Trinajstić information content (AvgIpc) is 2.91. The number of methoxy groups -OCH3 is 1. The van der Waals surface area contributed by atoms with Crippen LogP contribution < -0.4 is 10.1 Å². The monoisotopic (exact) mass is 500 g/mol. The molecule has 9 heteroatoms. The third kappa shape index (κ3) is 7.41. The molecule has 0 aliphatic carbocycles. The van der Waals surface area contributed by atoms with Crippen molar-refractivity contribution in [3.63, 3.8) is 0 Å². The van der Waals surface area contributed by atoms with Gasteiger partial charge in [-0.15, -0.1) is 0 Å². The van der Waals surface area contributed by atoms with Crippen LogP contribution in [0.3, 0.4) is 0 Å². The second kappa shape index (κ2) is 13.2. The molecule has 2 heterocycles. The highest BCUT2D eigenvalue weighted by atomic mass is 16.6. The number of carbonyl (C=O) groups excluding carboxylic acids is 2. The minimum atomic E-state index is -1.08. The molecule has 0 spiro atoms. The van der Waals surface area contributed by atoms with E-state index < -0.39 is 29.8 Å². The number of nitrogens with zero attached hydrogens (tertiary/aromatic N) is 1. The van der Waals surface area contributed by atoms with Gasteiger partial charge in [0.25, 0.3) is 5.91 Å². The highest BCUT2D eigenvalue weighted by molar-refractivity contribution is 5.98. The molecule has 1 aromatic carbocycles. The molecule has 9 nitrogen and oxygen atoms in total. The summed E-state index contributed by atoms with van der Waals surface area (Å²) in [5.41, 5.74) is 0.786. The molecule has 2 aromatic rings. The molecule has 1 fully saturated rings. The second-order valence-corrected chi connectivity index (χ2v) is 9.39. The van der Waals surface area contributed by atoms with Crippen molar-refractivity contribution in [3.8, 4) is 11.5 Å². The molecular formula is C27H36N2O7. The first-order valence-corrected chi connectivity index (χ1v) is 12.3. The summed E-state index contributed by atoms with van der Waals surface area (Å²) in [6.45, 7) is 6.69. The van der Waals surface area contributed by atoms with Crippen molar-refractivity contribution in [2.45, 2.75) is 58.5 Å². The lowest BCUT2D eigenvalue weighted by Crippen LogP contribution is -2.46. The van der Waals surface area contributed by atoms with Crippen LogP contribution in [0.4, 0.5) is 0 Å². The molecule has 196 valence electrons. The number of cyclic esters (lactones) is 1. The normalized spacial score (nSPS) is 22.8. The van der Waals surface area contributed by atoms with E-state index in [1.54, 1.807) is 0 Å². The fraction of sp³-hybridized carbons (Fsp3) is 0.519. The van der Waals surface area contributed by atoms with Crippen molar-refractivity contribution < 1.29 is 33.6 Å². The number of amides is 1. The van der Waals surface area contributed by atoms with Gasteiger partial charge in [0.15, 0.2) is 23.2 Å². The van der Waals surface area contributed by atoms with Crippen molar-refractivity contribution in [1.82, 2.24) is 10.3 Å². The molecule has 1 aromatic heterocycles. The lowest BCUT2D eigenvalue weighted by atomic mass is 9.89. The Bertz CT molecular complexity index is 999. The van der Waals surface area contributed by atoms with E-state index in [2.05, 4.69) is 24.1 Å². The number of aromatic hydroxyl groups is 1. The Kier molecular flexibility index (Phi) is 10.1. The van der Waals surface area contributed by atoms with E-state index in [-0.39, 0.29) is 36.7 Å². The summed E-state index contributed by atoms with van der Waals surface area (Å²) in [5.74, 6) is -1.27. The molecule has 1 amide bonds. The van der Waals surface area contributed by atoms with E-state index in [4.69, 9.17) is 18.9 Å². The molecule has 1 aliphatic rings. The molecule has 3 rings (SSSR count). The predicted molar refractivity (Wildman–Crippen MR) is 133 cm³/mol. The number of hydrogen-bond donors (Lipinski definition) is 2. The van der Waals surface area contributed by atoms with Gasteiger partial charge in [-0.2, -0.15) is 0 Å². The number of rotatable bonds is 9. The summed E-state index contributed by atoms with van der Waals surface area (Å²) in [7, 11) is 1.37. The van der Waals surface area contributed by atoms with Crippen LogP contribution in [-0.4, -0.2) is 60.5 Å². The largest absolute Gasteiger partial charge is 0.503 e. The van der Waals surface area contributed by atoms with Crippen LogP contribution in [-0.2, 0) is 25.6 Å². The standard InChI is InChI=1S/C27H36N2O7/c1-17(2)10-11-20-18(3)36-27(32)21(29-26(31)24-25(30)22(33-4)12-13-28-24)15-34-16-23(20)35-14-19-8-6-5-7-9-19/h5-9,12-13,17-18,20-21,23,30H,10-11,14-16H2,1-4H3,(H,29,31). The SMILES string of the molecule is COc1ccnc(C(=O)NC2COCC(OCc3ccccc3)C(CCC(C)C)C(C)OC2=O)c1O. The summed E-state index contributed by atoms with van der Waals surface area (Å²) >= 11 is 0. The lowest BCUT2D eigenvalue weighted by molar-refractivity contribution is -0.155. The zero-order valence-electron chi connectivity index (χ0n) is 21.3. The number of nitrogens with one attached hydrogen (secondary N) is 1. The smallest absolute Gasteiger partial charge is 0.331 e. The topological polar surface area (TPSA) is 116 Å². The van der Waals surface area contributed by atoms with E-state index >= 15 is 0 Å². The van der Waals surface area contributed by atoms with Crippen LogP contribution in [0.25, 0.3) is 0 Å². The first-order valence-electron chi connectivity index (χ1n) is 12.3. The Morgan fingerprint density at radius 2 is 1.97 bits per heavy atom. The van der Waals surface area contributed by atoms with Gasteiger partial charge >= 0.3 is 5.97 Å². The summed E-state index contributed by atoms with van der Waals surface area (Å²) in [5, 5.41) is 12.8. The van der Waals surface area contributed by atoms with Gasteiger partial charge in [0.05, 0.1) is 33.0 Å². The molecule has 1 aliphatic heterocycles. The van der Waals surface area contributed by atoms with Gasteiger partial charge in [-0.3, -0.25) is 4.79 Å². The highest BCUT2D eigenvalue weighted by Gasteiger charge is 2.35. The summed E-state index contributed by atoms with van der Waals surface area (Å²) in [6, 6.07) is 10.2. The molecule has 36 heavy (non-hydrogen) atoms. The molecule has 1 saturated heterocycles. The fourth-order valence-corrected chi connectivity index (χ4v) is 4.14. The van der Waals surface area contributed by atoms with Crippen LogP contribution in [0, 0.1) is 11.8 Å². The Balaban J connectivity index is 1.74. The van der Waals surface area contributed by atoms with Crippen LogP contribution in [0.1, 0.15) is 49.7 Å². The van der Waals surface area contributed by atoms with Gasteiger partial charge < -0.3 is 29.4 Å². The maximum Gasteiger partial charge on any atom is 0.331 e. The van der Waals surface area contributed by atoms with Crippen LogP contribution in [0.2, 0.25) is 0 Å². The molecule has 0 saturated carbocycles. The molecule has 0 radical (unpaired) electrons. The van der Waals surface area contributed by atoms with Crippen LogP contribution >= 0.6 is 0 Å². The van der Waals surface area contributed by atoms with Crippen molar-refractivity contribution in [2.24, 2.45) is 11.8 Å². The molecule has 4 unspecified atom stereocenters. The van der Waals surface area contributed by atoms with Crippen molar-refractivity contribution in [3.05, 3.63) is 53.9 Å². The zero-order chi connectivity index (χ0) is 26.1. The Morgan fingerprint density at radius 1 is 1.22 bits per heavy atom. The third-order valence-electron chi connectivity index (χ3n) is 6.25. The Hall–Kier alpha value is -3.17. The number of carbonyl (C=O) groups is 2. The third-order valence-corrected chi connectivity index (χ3v) is 6.25. The van der Waals surface area contributed by atoms with Gasteiger partial charge in [-0.1, -0.05) is 50.6 Å². The van der Waals surface area contributed by atoms with Gasteiger partial charge in [-0.25, -0.2) is 9.78 Å². The maximum absolute atomic E-state index is 13.0. The first-order chi connectivity index (χ1) is 17.3. The average molecular weight is 501 g/mol. The molecule has 0 bridgehead atoms. The van der Waals surface area contributed by atoms with Gasteiger partial charge in [-0.05, 0) is 24.8 Å². The van der Waals surface area contributed by atoms with E-state index in [1.165, 1.54) is 19.4 Å². The van der Waals surface area contributed by atoms with E-state index in [0.717, 1.165) is 18.4 Å². The number of ether oxygens (including phenoxy) is 4. The van der Waals surface area contributed by atoms with Gasteiger partial charge in [0, 0.05) is 18.2 Å². The number of benzene rings is 1. The number of esters is 1. The molecule has 4 atom stereocenters. The van der Waals surface area contributed by atoms with Gasteiger partial charge in [0.2, 0.25) is 0 Å². The first kappa shape index (κ1) is 27.4. The van der Waals surface area contributed by atoms with E-state index in [1.807, 2.05) is 37.3 Å². The summed E-state index contributed by atoms with van der Waals surface area (Å²) < 4.78 is 23.0. The number of pyridine rings is 1.